The number of nitrogens with one attached hydrogen (secondary N) is 1. The molecule has 2 heterocycles. The molecule has 0 unspecified atom stereocenters. The molecule has 0 bridgehead atoms. The van der Waals surface area contributed by atoms with E-state index in [2.05, 4.69) is 15.1 Å². The summed E-state index contributed by atoms with van der Waals surface area (Å²) in [6.07, 6.45) is 4.36. The first kappa shape index (κ1) is 8.29. The van der Waals surface area contributed by atoms with Gasteiger partial charge in [0.05, 0.1) is 6.04 Å². The van der Waals surface area contributed by atoms with Crippen molar-refractivity contribution >= 4 is 0 Å². The third-order valence-electron chi connectivity index (χ3n) is 3.08. The van der Waals surface area contributed by atoms with E-state index >= 15 is 0 Å². The van der Waals surface area contributed by atoms with Crippen molar-refractivity contribution in [3.63, 3.8) is 0 Å². The standard InChI is InChI=1S/C10H15N3O/c14-10-8-3-5-11-6-4-9(8)13(12-10)7-1-2-7/h7,11H,1-6H2,(H,12,14). The summed E-state index contributed by atoms with van der Waals surface area (Å²) in [5.74, 6) is 0.260. The van der Waals surface area contributed by atoms with Gasteiger partial charge in [0, 0.05) is 24.2 Å². The van der Waals surface area contributed by atoms with Crippen LogP contribution in [0.3, 0.4) is 0 Å². The molecule has 2 N–H and O–H groups in total. The van der Waals surface area contributed by atoms with Crippen molar-refractivity contribution < 1.29 is 5.11 Å². The average Bonchev–Trinajstić information content (AvgIpc) is 2.99. The first-order valence-corrected chi connectivity index (χ1v) is 5.36. The highest BCUT2D eigenvalue weighted by atomic mass is 16.3. The summed E-state index contributed by atoms with van der Waals surface area (Å²) in [5, 5.41) is 17.3. The van der Waals surface area contributed by atoms with E-state index in [1.807, 2.05) is 0 Å². The van der Waals surface area contributed by atoms with Gasteiger partial charge in [-0.3, -0.25) is 4.68 Å². The minimum atomic E-state index is 0.260. The lowest BCUT2D eigenvalue weighted by Gasteiger charge is -2.04. The van der Waals surface area contributed by atoms with E-state index in [-0.39, 0.29) is 5.88 Å². The van der Waals surface area contributed by atoms with Crippen molar-refractivity contribution in [1.82, 2.24) is 15.1 Å². The number of hydrogen-bond acceptors (Lipinski definition) is 3. The maximum atomic E-state index is 9.72. The number of aromatic hydroxyl groups is 1. The van der Waals surface area contributed by atoms with Crippen molar-refractivity contribution in [3.8, 4) is 5.88 Å². The third-order valence-corrected chi connectivity index (χ3v) is 3.08. The Kier molecular flexibility index (Phi) is 1.77. The van der Waals surface area contributed by atoms with Crippen LogP contribution in [0, 0.1) is 0 Å². The first-order valence-electron chi connectivity index (χ1n) is 5.36. The predicted octanol–water partition coefficient (Wildman–Crippen LogP) is 0.612. The summed E-state index contributed by atoms with van der Waals surface area (Å²) in [6.45, 7) is 1.96. The van der Waals surface area contributed by atoms with Crippen molar-refractivity contribution in [1.29, 1.82) is 0 Å². The summed E-state index contributed by atoms with van der Waals surface area (Å²) >= 11 is 0. The largest absolute Gasteiger partial charge is 0.492 e. The maximum absolute atomic E-state index is 9.72. The Labute approximate surface area is 82.9 Å². The van der Waals surface area contributed by atoms with Gasteiger partial charge in [-0.2, -0.15) is 0 Å². The summed E-state index contributed by atoms with van der Waals surface area (Å²) in [6, 6.07) is 0.572. The lowest BCUT2D eigenvalue weighted by molar-refractivity contribution is 0.431. The average molecular weight is 193 g/mol. The fourth-order valence-corrected chi connectivity index (χ4v) is 2.18. The number of rotatable bonds is 1. The fourth-order valence-electron chi connectivity index (χ4n) is 2.18. The minimum absolute atomic E-state index is 0.260. The van der Waals surface area contributed by atoms with Gasteiger partial charge in [-0.05, 0) is 25.8 Å². The quantitative estimate of drug-likeness (QED) is 0.687. The zero-order chi connectivity index (χ0) is 9.54. The molecule has 4 nitrogen and oxygen atoms in total. The number of fused-ring (bicyclic) bond motifs is 1. The number of hydrogen-bond donors (Lipinski definition) is 2. The molecule has 0 aromatic carbocycles. The van der Waals surface area contributed by atoms with Crippen LogP contribution in [-0.4, -0.2) is 28.0 Å². The molecule has 1 aliphatic carbocycles. The SMILES string of the molecule is Oc1nn(C2CC2)c2c1CCNCC2. The highest BCUT2D eigenvalue weighted by Gasteiger charge is 2.30. The molecule has 1 fully saturated rings. The molecule has 14 heavy (non-hydrogen) atoms. The van der Waals surface area contributed by atoms with Crippen molar-refractivity contribution in [2.45, 2.75) is 31.7 Å². The molecule has 0 saturated heterocycles. The molecule has 1 aromatic rings. The highest BCUT2D eigenvalue weighted by molar-refractivity contribution is 5.32. The monoisotopic (exact) mass is 193 g/mol. The smallest absolute Gasteiger partial charge is 0.233 e. The Morgan fingerprint density at radius 2 is 2.07 bits per heavy atom. The van der Waals surface area contributed by atoms with E-state index in [0.717, 1.165) is 31.5 Å². The van der Waals surface area contributed by atoms with Gasteiger partial charge in [0.15, 0.2) is 0 Å². The van der Waals surface area contributed by atoms with Crippen molar-refractivity contribution in [2.24, 2.45) is 0 Å². The lowest BCUT2D eigenvalue weighted by Crippen LogP contribution is -2.17. The molecule has 1 aromatic heterocycles. The molecule has 1 saturated carbocycles. The Morgan fingerprint density at radius 3 is 2.86 bits per heavy atom. The van der Waals surface area contributed by atoms with Crippen molar-refractivity contribution in [3.05, 3.63) is 11.3 Å². The molecule has 0 amide bonds. The molecular formula is C10H15N3O. The maximum Gasteiger partial charge on any atom is 0.233 e. The molecule has 4 heteroatoms. The lowest BCUT2D eigenvalue weighted by atomic mass is 10.1. The van der Waals surface area contributed by atoms with E-state index in [9.17, 15) is 5.11 Å². The molecular weight excluding hydrogens is 178 g/mol. The fraction of sp³-hybridized carbons (Fsp3) is 0.700. The second-order valence-corrected chi connectivity index (χ2v) is 4.17. The Bertz CT molecular complexity index is 354. The molecule has 0 spiro atoms. The van der Waals surface area contributed by atoms with Gasteiger partial charge in [-0.15, -0.1) is 5.10 Å². The van der Waals surface area contributed by atoms with Gasteiger partial charge >= 0.3 is 0 Å². The van der Waals surface area contributed by atoms with Gasteiger partial charge in [-0.25, -0.2) is 0 Å². The summed E-state index contributed by atoms with van der Waals surface area (Å²) < 4.78 is 2.05. The van der Waals surface area contributed by atoms with Gasteiger partial charge in [0.2, 0.25) is 5.88 Å². The van der Waals surface area contributed by atoms with Crippen LogP contribution in [0.15, 0.2) is 0 Å². The second-order valence-electron chi connectivity index (χ2n) is 4.17. The van der Waals surface area contributed by atoms with Crippen LogP contribution in [0.4, 0.5) is 0 Å². The Hall–Kier alpha value is -1.03. The van der Waals surface area contributed by atoms with Crippen LogP contribution >= 0.6 is 0 Å². The summed E-state index contributed by atoms with van der Waals surface area (Å²) in [7, 11) is 0. The van der Waals surface area contributed by atoms with Gasteiger partial charge in [0.25, 0.3) is 0 Å². The molecule has 0 atom stereocenters. The Balaban J connectivity index is 2.04. The van der Waals surface area contributed by atoms with Gasteiger partial charge in [0.1, 0.15) is 0 Å². The number of nitrogens with zero attached hydrogens (tertiary/aromatic N) is 2. The van der Waals surface area contributed by atoms with E-state index in [0.29, 0.717) is 6.04 Å². The summed E-state index contributed by atoms with van der Waals surface area (Å²) in [4.78, 5) is 0. The normalized spacial score (nSPS) is 21.7. The topological polar surface area (TPSA) is 50.1 Å². The molecule has 76 valence electrons. The molecule has 3 rings (SSSR count). The van der Waals surface area contributed by atoms with Crippen LogP contribution < -0.4 is 5.32 Å². The molecule has 0 radical (unpaired) electrons. The zero-order valence-electron chi connectivity index (χ0n) is 8.16. The van der Waals surface area contributed by atoms with Crippen LogP contribution in [0.5, 0.6) is 5.88 Å². The van der Waals surface area contributed by atoms with Crippen molar-refractivity contribution in [2.75, 3.05) is 13.1 Å². The van der Waals surface area contributed by atoms with E-state index in [1.54, 1.807) is 0 Å². The van der Waals surface area contributed by atoms with E-state index in [4.69, 9.17) is 0 Å². The van der Waals surface area contributed by atoms with E-state index < -0.39 is 0 Å². The van der Waals surface area contributed by atoms with Crippen LogP contribution in [0.1, 0.15) is 30.1 Å². The first-order chi connectivity index (χ1) is 6.86. The van der Waals surface area contributed by atoms with E-state index in [1.165, 1.54) is 18.5 Å². The second kappa shape index (κ2) is 2.98. The molecule has 1 aliphatic heterocycles. The van der Waals surface area contributed by atoms with Crippen LogP contribution in [-0.2, 0) is 12.8 Å². The predicted molar refractivity (Wildman–Crippen MR) is 52.4 cm³/mol. The third kappa shape index (κ3) is 1.21. The minimum Gasteiger partial charge on any atom is -0.492 e. The van der Waals surface area contributed by atoms with Gasteiger partial charge < -0.3 is 10.4 Å². The van der Waals surface area contributed by atoms with Gasteiger partial charge in [-0.1, -0.05) is 0 Å². The highest BCUT2D eigenvalue weighted by Crippen LogP contribution is 2.38. The van der Waals surface area contributed by atoms with Crippen LogP contribution in [0.2, 0.25) is 0 Å². The zero-order valence-corrected chi connectivity index (χ0v) is 8.16. The Morgan fingerprint density at radius 1 is 1.29 bits per heavy atom. The molecule has 2 aliphatic rings. The van der Waals surface area contributed by atoms with Crippen LogP contribution in [0.25, 0.3) is 0 Å². The number of aromatic nitrogens is 2. The summed E-state index contributed by atoms with van der Waals surface area (Å²) in [5.41, 5.74) is 2.33.